The maximum absolute atomic E-state index is 12.1. The van der Waals surface area contributed by atoms with Crippen LogP contribution in [0.2, 0.25) is 0 Å². The second kappa shape index (κ2) is 5.28. The standard InChI is InChI=1S/C16H14N2O3/c1-10-3-8-14-13(9-10)17-16(21-14)18-15(19)11-4-6-12(20-2)7-5-11/h3-9H,1-2H3,(H,17,18,19). The van der Waals surface area contributed by atoms with Gasteiger partial charge in [0.25, 0.3) is 5.91 Å². The molecule has 0 spiro atoms. The molecule has 0 atom stereocenters. The molecule has 0 aliphatic carbocycles. The summed E-state index contributed by atoms with van der Waals surface area (Å²) in [6.07, 6.45) is 0. The van der Waals surface area contributed by atoms with E-state index in [1.807, 2.05) is 25.1 Å². The maximum atomic E-state index is 12.1. The van der Waals surface area contributed by atoms with E-state index >= 15 is 0 Å². The van der Waals surface area contributed by atoms with Gasteiger partial charge in [-0.25, -0.2) is 0 Å². The Hall–Kier alpha value is -2.82. The van der Waals surface area contributed by atoms with E-state index in [0.29, 0.717) is 16.9 Å². The van der Waals surface area contributed by atoms with Gasteiger partial charge in [-0.3, -0.25) is 10.1 Å². The normalized spacial score (nSPS) is 10.6. The van der Waals surface area contributed by atoms with Crippen LogP contribution in [0, 0.1) is 6.92 Å². The quantitative estimate of drug-likeness (QED) is 0.799. The molecular formula is C16H14N2O3. The molecule has 5 heteroatoms. The van der Waals surface area contributed by atoms with Gasteiger partial charge in [0, 0.05) is 5.56 Å². The number of carbonyl (C=O) groups is 1. The zero-order valence-electron chi connectivity index (χ0n) is 11.7. The van der Waals surface area contributed by atoms with Crippen molar-refractivity contribution in [2.24, 2.45) is 0 Å². The fraction of sp³-hybridized carbons (Fsp3) is 0.125. The molecule has 2 aromatic carbocycles. The largest absolute Gasteiger partial charge is 0.497 e. The average molecular weight is 282 g/mol. The highest BCUT2D eigenvalue weighted by molar-refractivity contribution is 6.03. The summed E-state index contributed by atoms with van der Waals surface area (Å²) in [5, 5.41) is 2.65. The van der Waals surface area contributed by atoms with Crippen LogP contribution in [-0.2, 0) is 0 Å². The van der Waals surface area contributed by atoms with Gasteiger partial charge in [-0.2, -0.15) is 4.98 Å². The van der Waals surface area contributed by atoms with E-state index in [9.17, 15) is 4.79 Å². The molecule has 3 rings (SSSR count). The molecular weight excluding hydrogens is 268 g/mol. The van der Waals surface area contributed by atoms with Gasteiger partial charge >= 0.3 is 6.01 Å². The van der Waals surface area contributed by atoms with E-state index in [4.69, 9.17) is 9.15 Å². The van der Waals surface area contributed by atoms with Crippen LogP contribution in [0.25, 0.3) is 11.1 Å². The highest BCUT2D eigenvalue weighted by Gasteiger charge is 2.11. The molecule has 0 radical (unpaired) electrons. The van der Waals surface area contributed by atoms with Crippen molar-refractivity contribution in [2.75, 3.05) is 12.4 Å². The van der Waals surface area contributed by atoms with Crippen molar-refractivity contribution >= 4 is 23.0 Å². The van der Waals surface area contributed by atoms with Gasteiger partial charge in [-0.1, -0.05) is 6.07 Å². The van der Waals surface area contributed by atoms with Crippen LogP contribution >= 0.6 is 0 Å². The second-order valence-corrected chi connectivity index (χ2v) is 4.67. The Bertz CT molecular complexity index is 791. The van der Waals surface area contributed by atoms with Gasteiger partial charge in [-0.15, -0.1) is 0 Å². The van der Waals surface area contributed by atoms with Gasteiger partial charge in [0.05, 0.1) is 7.11 Å². The number of aryl methyl sites for hydroxylation is 1. The first-order valence-electron chi connectivity index (χ1n) is 6.48. The van der Waals surface area contributed by atoms with Crippen LogP contribution in [0.5, 0.6) is 5.75 Å². The minimum absolute atomic E-state index is 0.191. The van der Waals surface area contributed by atoms with Crippen LogP contribution in [-0.4, -0.2) is 18.0 Å². The topological polar surface area (TPSA) is 64.4 Å². The minimum atomic E-state index is -0.277. The first-order chi connectivity index (χ1) is 10.2. The molecule has 0 bridgehead atoms. The summed E-state index contributed by atoms with van der Waals surface area (Å²) in [7, 11) is 1.58. The summed E-state index contributed by atoms with van der Waals surface area (Å²) in [5.74, 6) is 0.421. The van der Waals surface area contributed by atoms with Crippen LogP contribution in [0.4, 0.5) is 6.01 Å². The number of carbonyl (C=O) groups excluding carboxylic acids is 1. The highest BCUT2D eigenvalue weighted by Crippen LogP contribution is 2.20. The molecule has 3 aromatic rings. The molecule has 1 aromatic heterocycles. The number of anilines is 1. The van der Waals surface area contributed by atoms with Gasteiger partial charge in [-0.05, 0) is 48.9 Å². The molecule has 1 N–H and O–H groups in total. The number of benzene rings is 2. The number of fused-ring (bicyclic) bond motifs is 1. The number of nitrogens with zero attached hydrogens (tertiary/aromatic N) is 1. The Labute approximate surface area is 121 Å². The van der Waals surface area contributed by atoms with Crippen LogP contribution in [0.1, 0.15) is 15.9 Å². The molecule has 0 saturated heterocycles. The van der Waals surface area contributed by atoms with E-state index in [-0.39, 0.29) is 11.9 Å². The van der Waals surface area contributed by atoms with Crippen molar-refractivity contribution < 1.29 is 13.9 Å². The monoisotopic (exact) mass is 282 g/mol. The fourth-order valence-electron chi connectivity index (χ4n) is 2.00. The summed E-state index contributed by atoms with van der Waals surface area (Å²) >= 11 is 0. The molecule has 1 heterocycles. The number of hydrogen-bond donors (Lipinski definition) is 1. The number of hydrogen-bond acceptors (Lipinski definition) is 4. The lowest BCUT2D eigenvalue weighted by Gasteiger charge is -2.02. The van der Waals surface area contributed by atoms with E-state index < -0.39 is 0 Å². The Kier molecular flexibility index (Phi) is 3.31. The fourth-order valence-corrected chi connectivity index (χ4v) is 2.00. The summed E-state index contributed by atoms with van der Waals surface area (Å²) < 4.78 is 10.5. The molecule has 5 nitrogen and oxygen atoms in total. The second-order valence-electron chi connectivity index (χ2n) is 4.67. The lowest BCUT2D eigenvalue weighted by atomic mass is 10.2. The third-order valence-electron chi connectivity index (χ3n) is 3.12. The molecule has 0 aliphatic rings. The molecule has 106 valence electrons. The predicted molar refractivity (Wildman–Crippen MR) is 79.7 cm³/mol. The smallest absolute Gasteiger partial charge is 0.302 e. The molecule has 0 unspecified atom stereocenters. The Morgan fingerprint density at radius 2 is 1.95 bits per heavy atom. The summed E-state index contributed by atoms with van der Waals surface area (Å²) in [6.45, 7) is 1.98. The number of ether oxygens (including phenoxy) is 1. The van der Waals surface area contributed by atoms with Gasteiger partial charge < -0.3 is 9.15 Å². The highest BCUT2D eigenvalue weighted by atomic mass is 16.5. The summed E-state index contributed by atoms with van der Waals surface area (Å²) in [4.78, 5) is 16.4. The number of amides is 1. The minimum Gasteiger partial charge on any atom is -0.497 e. The molecule has 1 amide bonds. The van der Waals surface area contributed by atoms with Crippen LogP contribution < -0.4 is 10.1 Å². The third kappa shape index (κ3) is 2.72. The molecule has 0 fully saturated rings. The van der Waals surface area contributed by atoms with Crippen LogP contribution in [0.3, 0.4) is 0 Å². The Morgan fingerprint density at radius 3 is 2.67 bits per heavy atom. The number of aromatic nitrogens is 1. The predicted octanol–water partition coefficient (Wildman–Crippen LogP) is 3.40. The van der Waals surface area contributed by atoms with Crippen molar-refractivity contribution in [3.8, 4) is 5.75 Å². The van der Waals surface area contributed by atoms with Crippen molar-refractivity contribution in [1.82, 2.24) is 4.98 Å². The molecule has 0 saturated carbocycles. The maximum Gasteiger partial charge on any atom is 0.302 e. The van der Waals surface area contributed by atoms with Gasteiger partial charge in [0.15, 0.2) is 5.58 Å². The van der Waals surface area contributed by atoms with E-state index in [1.165, 1.54) is 0 Å². The molecule has 0 aliphatic heterocycles. The average Bonchev–Trinajstić information content (AvgIpc) is 2.88. The first-order valence-corrected chi connectivity index (χ1v) is 6.48. The Balaban J connectivity index is 1.81. The lowest BCUT2D eigenvalue weighted by Crippen LogP contribution is -2.11. The van der Waals surface area contributed by atoms with Crippen molar-refractivity contribution in [1.29, 1.82) is 0 Å². The SMILES string of the molecule is COc1ccc(C(=O)Nc2nc3cc(C)ccc3o2)cc1. The zero-order valence-corrected chi connectivity index (χ0v) is 11.7. The lowest BCUT2D eigenvalue weighted by molar-refractivity contribution is 0.102. The summed E-state index contributed by atoms with van der Waals surface area (Å²) in [5.41, 5.74) is 2.96. The number of methoxy groups -OCH3 is 1. The first kappa shape index (κ1) is 13.2. The van der Waals surface area contributed by atoms with E-state index in [2.05, 4.69) is 10.3 Å². The Morgan fingerprint density at radius 1 is 1.19 bits per heavy atom. The van der Waals surface area contributed by atoms with E-state index in [0.717, 1.165) is 11.1 Å². The van der Waals surface area contributed by atoms with Crippen molar-refractivity contribution in [3.63, 3.8) is 0 Å². The van der Waals surface area contributed by atoms with Crippen molar-refractivity contribution in [3.05, 3.63) is 53.6 Å². The molecule has 21 heavy (non-hydrogen) atoms. The van der Waals surface area contributed by atoms with Gasteiger partial charge in [0.1, 0.15) is 11.3 Å². The van der Waals surface area contributed by atoms with E-state index in [1.54, 1.807) is 31.4 Å². The number of nitrogens with one attached hydrogen (secondary N) is 1. The zero-order chi connectivity index (χ0) is 14.8. The third-order valence-corrected chi connectivity index (χ3v) is 3.12. The summed E-state index contributed by atoms with van der Waals surface area (Å²) in [6, 6.07) is 12.7. The van der Waals surface area contributed by atoms with Crippen molar-refractivity contribution in [2.45, 2.75) is 6.92 Å². The number of rotatable bonds is 3. The number of oxazole rings is 1. The van der Waals surface area contributed by atoms with Crippen LogP contribution in [0.15, 0.2) is 46.9 Å². The van der Waals surface area contributed by atoms with Gasteiger partial charge in [0.2, 0.25) is 0 Å².